The van der Waals surface area contributed by atoms with Gasteiger partial charge < -0.3 is 10.8 Å². The Morgan fingerprint density at radius 3 is 2.50 bits per heavy atom. The number of rotatable bonds is 5. The smallest absolute Gasteiger partial charge is 0.407 e. The number of nitrogens with two attached hydrogens (primary N) is 1. The van der Waals surface area contributed by atoms with Crippen LogP contribution in [-0.2, 0) is 6.54 Å². The van der Waals surface area contributed by atoms with Crippen molar-refractivity contribution in [1.29, 1.82) is 5.26 Å². The van der Waals surface area contributed by atoms with E-state index >= 15 is 0 Å². The molecule has 0 aliphatic carbocycles. The van der Waals surface area contributed by atoms with Crippen molar-refractivity contribution < 1.29 is 9.90 Å². The summed E-state index contributed by atoms with van der Waals surface area (Å²) < 4.78 is 0. The molecule has 98 valence electrons. The second kappa shape index (κ2) is 8.34. The number of hydrogen-bond acceptors (Lipinski definition) is 3. The molecular weight excluding hydrogens is 254 g/mol. The largest absolute Gasteiger partial charge is 0.465 e. The average molecular weight is 270 g/mol. The number of hydrogen-bond donors (Lipinski definition) is 2. The number of nitriles is 1. The van der Waals surface area contributed by atoms with Gasteiger partial charge in [-0.25, -0.2) is 4.79 Å². The van der Waals surface area contributed by atoms with Crippen LogP contribution in [0.5, 0.6) is 0 Å². The second-order valence-corrected chi connectivity index (χ2v) is 3.65. The maximum absolute atomic E-state index is 11.1. The van der Waals surface area contributed by atoms with E-state index in [1.54, 1.807) is 0 Å². The van der Waals surface area contributed by atoms with Crippen LogP contribution in [-0.4, -0.2) is 28.7 Å². The summed E-state index contributed by atoms with van der Waals surface area (Å²) in [5.74, 6) is 0. The molecule has 1 aromatic rings. The first kappa shape index (κ1) is 16.2. The Balaban J connectivity index is 0.00000289. The third kappa shape index (κ3) is 4.62. The second-order valence-electron chi connectivity index (χ2n) is 3.65. The first-order valence-corrected chi connectivity index (χ1v) is 5.29. The maximum Gasteiger partial charge on any atom is 0.407 e. The predicted molar refractivity (Wildman–Crippen MR) is 70.3 cm³/mol. The van der Waals surface area contributed by atoms with E-state index in [-0.39, 0.29) is 31.9 Å². The average Bonchev–Trinajstić information content (AvgIpc) is 2.34. The van der Waals surface area contributed by atoms with Crippen molar-refractivity contribution in [3.05, 3.63) is 35.9 Å². The summed E-state index contributed by atoms with van der Waals surface area (Å²) in [5.41, 5.74) is 6.38. The Hall–Kier alpha value is -1.77. The standard InChI is InChI=1S/C12H15N3O2.ClH/c13-7-6-11(8-14)15(12(16)17)9-10-4-2-1-3-5-10;/h1-5,11H,6,8-9,14H2,(H,16,17);1H. The van der Waals surface area contributed by atoms with Crippen molar-refractivity contribution in [2.75, 3.05) is 6.54 Å². The zero-order valence-electron chi connectivity index (χ0n) is 9.82. The van der Waals surface area contributed by atoms with Gasteiger partial charge in [-0.05, 0) is 5.56 Å². The Bertz CT molecular complexity index is 406. The summed E-state index contributed by atoms with van der Waals surface area (Å²) in [7, 11) is 0. The van der Waals surface area contributed by atoms with Crippen LogP contribution >= 0.6 is 12.4 Å². The van der Waals surface area contributed by atoms with Gasteiger partial charge in [0.05, 0.1) is 18.5 Å². The lowest BCUT2D eigenvalue weighted by Gasteiger charge is -2.26. The van der Waals surface area contributed by atoms with Crippen molar-refractivity contribution in [1.82, 2.24) is 4.90 Å². The van der Waals surface area contributed by atoms with Gasteiger partial charge in [0.15, 0.2) is 0 Å². The van der Waals surface area contributed by atoms with E-state index in [2.05, 4.69) is 0 Å². The summed E-state index contributed by atoms with van der Waals surface area (Å²) in [6.07, 6.45) is -0.949. The monoisotopic (exact) mass is 269 g/mol. The van der Waals surface area contributed by atoms with Crippen LogP contribution in [0.25, 0.3) is 0 Å². The van der Waals surface area contributed by atoms with Crippen LogP contribution in [0, 0.1) is 11.3 Å². The Kier molecular flexibility index (Phi) is 7.52. The van der Waals surface area contributed by atoms with Crippen molar-refractivity contribution >= 4 is 18.5 Å². The molecule has 1 unspecified atom stereocenters. The highest BCUT2D eigenvalue weighted by atomic mass is 35.5. The molecule has 0 spiro atoms. The van der Waals surface area contributed by atoms with Gasteiger partial charge in [-0.2, -0.15) is 5.26 Å². The molecule has 1 aromatic carbocycles. The zero-order valence-corrected chi connectivity index (χ0v) is 10.6. The summed E-state index contributed by atoms with van der Waals surface area (Å²) in [5, 5.41) is 17.8. The van der Waals surface area contributed by atoms with Crippen molar-refractivity contribution in [3.63, 3.8) is 0 Å². The summed E-state index contributed by atoms with van der Waals surface area (Å²) >= 11 is 0. The lowest BCUT2D eigenvalue weighted by molar-refractivity contribution is 0.122. The van der Waals surface area contributed by atoms with Gasteiger partial charge in [-0.3, -0.25) is 4.90 Å². The molecule has 0 aliphatic rings. The SMILES string of the molecule is Cl.N#CCC(CN)N(Cc1ccccc1)C(=O)O. The van der Waals surface area contributed by atoms with Crippen molar-refractivity contribution in [2.45, 2.75) is 19.0 Å². The summed E-state index contributed by atoms with van der Waals surface area (Å²) in [6.45, 7) is 0.395. The fourth-order valence-corrected chi connectivity index (χ4v) is 1.56. The third-order valence-corrected chi connectivity index (χ3v) is 2.48. The highest BCUT2D eigenvalue weighted by molar-refractivity contribution is 5.85. The van der Waals surface area contributed by atoms with E-state index in [0.29, 0.717) is 0 Å². The number of carbonyl (C=O) groups is 1. The van der Waals surface area contributed by atoms with Crippen LogP contribution in [0.15, 0.2) is 30.3 Å². The molecule has 6 heteroatoms. The molecule has 0 bridgehead atoms. The van der Waals surface area contributed by atoms with Crippen molar-refractivity contribution in [2.24, 2.45) is 5.73 Å². The highest BCUT2D eigenvalue weighted by Crippen LogP contribution is 2.10. The Morgan fingerprint density at radius 1 is 1.44 bits per heavy atom. The highest BCUT2D eigenvalue weighted by Gasteiger charge is 2.21. The quantitative estimate of drug-likeness (QED) is 0.853. The first-order valence-electron chi connectivity index (χ1n) is 5.29. The van der Waals surface area contributed by atoms with E-state index in [9.17, 15) is 4.79 Å². The molecule has 5 nitrogen and oxygen atoms in total. The lowest BCUT2D eigenvalue weighted by Crippen LogP contribution is -2.43. The molecule has 3 N–H and O–H groups in total. The molecular formula is C12H16ClN3O2. The van der Waals surface area contributed by atoms with Gasteiger partial charge in [-0.1, -0.05) is 30.3 Å². The van der Waals surface area contributed by atoms with Gasteiger partial charge in [0.1, 0.15) is 0 Å². The summed E-state index contributed by atoms with van der Waals surface area (Å²) in [4.78, 5) is 12.3. The van der Waals surface area contributed by atoms with Crippen LogP contribution in [0.3, 0.4) is 0 Å². The van der Waals surface area contributed by atoms with Crippen LogP contribution in [0.1, 0.15) is 12.0 Å². The molecule has 0 radical (unpaired) electrons. The fourth-order valence-electron chi connectivity index (χ4n) is 1.56. The molecule has 1 rings (SSSR count). The Morgan fingerprint density at radius 2 is 2.06 bits per heavy atom. The van der Waals surface area contributed by atoms with Gasteiger partial charge in [0.2, 0.25) is 0 Å². The Labute approximate surface area is 112 Å². The zero-order chi connectivity index (χ0) is 12.7. The van der Waals surface area contributed by atoms with Crippen LogP contribution < -0.4 is 5.73 Å². The van der Waals surface area contributed by atoms with E-state index in [4.69, 9.17) is 16.1 Å². The minimum absolute atomic E-state index is 0. The number of amides is 1. The van der Waals surface area contributed by atoms with Crippen LogP contribution in [0.4, 0.5) is 4.79 Å². The normalized spacial score (nSPS) is 10.9. The molecule has 0 saturated carbocycles. The van der Waals surface area contributed by atoms with Crippen LogP contribution in [0.2, 0.25) is 0 Å². The first-order chi connectivity index (χ1) is 8.19. The molecule has 0 saturated heterocycles. The molecule has 0 aliphatic heterocycles. The topological polar surface area (TPSA) is 90.4 Å². The van der Waals surface area contributed by atoms with Gasteiger partial charge in [0, 0.05) is 13.1 Å². The minimum atomic E-state index is -1.06. The maximum atomic E-state index is 11.1. The molecule has 0 aromatic heterocycles. The number of halogens is 1. The molecule has 0 heterocycles. The number of carboxylic acid groups (broad SMARTS) is 1. The van der Waals surface area contributed by atoms with E-state index in [1.165, 1.54) is 4.90 Å². The third-order valence-electron chi connectivity index (χ3n) is 2.48. The number of nitrogens with zero attached hydrogens (tertiary/aromatic N) is 2. The lowest BCUT2D eigenvalue weighted by atomic mass is 10.1. The molecule has 18 heavy (non-hydrogen) atoms. The van der Waals surface area contributed by atoms with Crippen molar-refractivity contribution in [3.8, 4) is 6.07 Å². The van der Waals surface area contributed by atoms with E-state index in [1.807, 2.05) is 36.4 Å². The predicted octanol–water partition coefficient (Wildman–Crippen LogP) is 1.83. The molecule has 1 amide bonds. The number of benzene rings is 1. The molecule has 0 fully saturated rings. The summed E-state index contributed by atoms with van der Waals surface area (Å²) in [6, 6.07) is 10.7. The minimum Gasteiger partial charge on any atom is -0.465 e. The fraction of sp³-hybridized carbons (Fsp3) is 0.333. The van der Waals surface area contributed by atoms with E-state index in [0.717, 1.165) is 5.56 Å². The van der Waals surface area contributed by atoms with Gasteiger partial charge >= 0.3 is 6.09 Å². The van der Waals surface area contributed by atoms with Gasteiger partial charge in [0.25, 0.3) is 0 Å². The molecule has 1 atom stereocenters. The van der Waals surface area contributed by atoms with E-state index < -0.39 is 12.1 Å². The van der Waals surface area contributed by atoms with Gasteiger partial charge in [-0.15, -0.1) is 12.4 Å².